The molecule has 1 fully saturated rings. The molecule has 0 spiro atoms. The van der Waals surface area contributed by atoms with Crippen molar-refractivity contribution in [1.82, 2.24) is 14.9 Å². The van der Waals surface area contributed by atoms with E-state index < -0.39 is 0 Å². The number of benzene rings is 1. The lowest BCUT2D eigenvalue weighted by molar-refractivity contribution is 0.188. The molecule has 2 aliphatic rings. The molecule has 1 aromatic carbocycles. The highest BCUT2D eigenvalue weighted by Gasteiger charge is 2.25. The number of nitrogens with zero attached hydrogens (tertiary/aromatic N) is 4. The van der Waals surface area contributed by atoms with Crippen molar-refractivity contribution in [3.05, 3.63) is 39.5 Å². The lowest BCUT2D eigenvalue weighted by Crippen LogP contribution is -2.47. The Balaban J connectivity index is 1.59. The second-order valence-electron chi connectivity index (χ2n) is 8.27. The molecule has 158 valence electrons. The summed E-state index contributed by atoms with van der Waals surface area (Å²) in [7, 11) is 0. The topological polar surface area (TPSA) is 52.5 Å². The first-order chi connectivity index (χ1) is 14.6. The lowest BCUT2D eigenvalue weighted by Gasteiger charge is -2.35. The van der Waals surface area contributed by atoms with Crippen molar-refractivity contribution in [1.29, 1.82) is 0 Å². The van der Waals surface area contributed by atoms with Gasteiger partial charge in [0.15, 0.2) is 0 Å². The molecule has 5 nitrogen and oxygen atoms in total. The van der Waals surface area contributed by atoms with Gasteiger partial charge >= 0.3 is 0 Å². The van der Waals surface area contributed by atoms with Crippen LogP contribution in [0.3, 0.4) is 0 Å². The van der Waals surface area contributed by atoms with Crippen LogP contribution in [0.5, 0.6) is 0 Å². The number of hydrogen-bond donors (Lipinski definition) is 1. The van der Waals surface area contributed by atoms with Crippen LogP contribution in [0.1, 0.15) is 28.8 Å². The van der Waals surface area contributed by atoms with Crippen molar-refractivity contribution in [2.24, 2.45) is 0 Å². The minimum Gasteiger partial charge on any atom is -0.395 e. The van der Waals surface area contributed by atoms with Gasteiger partial charge in [-0.1, -0.05) is 18.2 Å². The summed E-state index contributed by atoms with van der Waals surface area (Å²) in [5.41, 5.74) is 5.52. The van der Waals surface area contributed by atoms with Gasteiger partial charge in [-0.05, 0) is 60.9 Å². The van der Waals surface area contributed by atoms with Crippen molar-refractivity contribution >= 4 is 39.0 Å². The van der Waals surface area contributed by atoms with Crippen LogP contribution in [0, 0.1) is 6.92 Å². The number of fused-ring (bicyclic) bond motifs is 2. The summed E-state index contributed by atoms with van der Waals surface area (Å²) >= 11 is 8.04. The number of hydrogen-bond acceptors (Lipinski definition) is 6. The van der Waals surface area contributed by atoms with Crippen LogP contribution in [-0.2, 0) is 12.8 Å². The molecular formula is C23H27ClN4OS. The fraction of sp³-hybridized carbons (Fsp3) is 0.478. The van der Waals surface area contributed by atoms with Crippen molar-refractivity contribution in [2.45, 2.75) is 32.6 Å². The van der Waals surface area contributed by atoms with Crippen LogP contribution in [0.15, 0.2) is 18.2 Å². The molecule has 0 amide bonds. The van der Waals surface area contributed by atoms with Crippen LogP contribution >= 0.6 is 22.9 Å². The molecule has 2 aromatic heterocycles. The fourth-order valence-electron chi connectivity index (χ4n) is 4.86. The molecule has 30 heavy (non-hydrogen) atoms. The number of piperazine rings is 1. The molecule has 7 heteroatoms. The van der Waals surface area contributed by atoms with Gasteiger partial charge in [0, 0.05) is 43.2 Å². The van der Waals surface area contributed by atoms with Crippen LogP contribution in [-0.4, -0.2) is 59.3 Å². The first kappa shape index (κ1) is 20.2. The van der Waals surface area contributed by atoms with E-state index in [2.05, 4.69) is 39.9 Å². The Bertz CT molecular complexity index is 1070. The number of rotatable bonds is 4. The first-order valence-corrected chi connectivity index (χ1v) is 12.0. The number of aliphatic hydroxyl groups excluding tert-OH is 1. The second-order valence-corrected chi connectivity index (χ2v) is 9.81. The molecule has 5 rings (SSSR count). The van der Waals surface area contributed by atoms with Crippen LogP contribution in [0.2, 0.25) is 5.28 Å². The zero-order valence-electron chi connectivity index (χ0n) is 17.3. The van der Waals surface area contributed by atoms with Gasteiger partial charge < -0.3 is 10.0 Å². The monoisotopic (exact) mass is 442 g/mol. The van der Waals surface area contributed by atoms with E-state index in [-0.39, 0.29) is 6.61 Å². The first-order valence-electron chi connectivity index (χ1n) is 10.8. The van der Waals surface area contributed by atoms with Crippen LogP contribution in [0.4, 0.5) is 5.82 Å². The summed E-state index contributed by atoms with van der Waals surface area (Å²) in [5.74, 6) is 0.950. The number of aryl methyl sites for hydroxylation is 3. The molecule has 0 atom stereocenters. The third-order valence-electron chi connectivity index (χ3n) is 6.41. The third kappa shape index (κ3) is 3.71. The van der Waals surface area contributed by atoms with Gasteiger partial charge in [0.05, 0.1) is 12.0 Å². The largest absolute Gasteiger partial charge is 0.395 e. The van der Waals surface area contributed by atoms with Gasteiger partial charge in [0.25, 0.3) is 0 Å². The number of aliphatic hydroxyl groups is 1. The van der Waals surface area contributed by atoms with Gasteiger partial charge in [-0.2, -0.15) is 4.98 Å². The quantitative estimate of drug-likeness (QED) is 0.610. The van der Waals surface area contributed by atoms with Crippen molar-refractivity contribution in [3.8, 4) is 11.1 Å². The molecular weight excluding hydrogens is 416 g/mol. The summed E-state index contributed by atoms with van der Waals surface area (Å²) in [5, 5.41) is 10.7. The average molecular weight is 443 g/mol. The van der Waals surface area contributed by atoms with Gasteiger partial charge in [0.2, 0.25) is 5.28 Å². The molecule has 1 saturated heterocycles. The summed E-state index contributed by atoms with van der Waals surface area (Å²) in [4.78, 5) is 16.1. The van der Waals surface area contributed by atoms with Crippen molar-refractivity contribution < 1.29 is 5.11 Å². The zero-order valence-corrected chi connectivity index (χ0v) is 18.9. The summed E-state index contributed by atoms with van der Waals surface area (Å²) in [6, 6.07) is 6.98. The Labute approximate surface area is 186 Å². The van der Waals surface area contributed by atoms with Crippen LogP contribution in [0.25, 0.3) is 21.3 Å². The minimum absolute atomic E-state index is 0.204. The molecule has 0 unspecified atom stereocenters. The highest BCUT2D eigenvalue weighted by molar-refractivity contribution is 7.19. The van der Waals surface area contributed by atoms with E-state index in [1.165, 1.54) is 52.8 Å². The minimum atomic E-state index is 0.204. The molecule has 1 aliphatic carbocycles. The van der Waals surface area contributed by atoms with E-state index in [4.69, 9.17) is 16.6 Å². The van der Waals surface area contributed by atoms with Gasteiger partial charge in [-0.25, -0.2) is 4.98 Å². The zero-order chi connectivity index (χ0) is 20.7. The number of β-amino-alcohol motifs (C(OH)–C–C–N with tert-alkyl or cyclic N) is 1. The van der Waals surface area contributed by atoms with E-state index in [1.807, 2.05) is 0 Å². The van der Waals surface area contributed by atoms with Gasteiger partial charge in [-0.3, -0.25) is 4.90 Å². The molecule has 3 heterocycles. The SMILES string of the molecule is Cc1sc2nc(Cl)nc(N3CCN(CCO)CC3)c2c1-c1ccc2c(c1)CCCC2. The van der Waals surface area contributed by atoms with E-state index in [0.717, 1.165) is 48.8 Å². The Morgan fingerprint density at radius 1 is 1.07 bits per heavy atom. The van der Waals surface area contributed by atoms with Crippen molar-refractivity contribution in [3.63, 3.8) is 0 Å². The molecule has 1 aliphatic heterocycles. The maximum Gasteiger partial charge on any atom is 0.225 e. The molecule has 3 aromatic rings. The Morgan fingerprint density at radius 3 is 2.60 bits per heavy atom. The molecule has 0 bridgehead atoms. The predicted octanol–water partition coefficient (Wildman–Crippen LogP) is 4.31. The molecule has 0 radical (unpaired) electrons. The second kappa shape index (κ2) is 8.42. The highest BCUT2D eigenvalue weighted by Crippen LogP contribution is 2.43. The van der Waals surface area contributed by atoms with Crippen molar-refractivity contribution in [2.75, 3.05) is 44.2 Å². The maximum atomic E-state index is 9.24. The van der Waals surface area contributed by atoms with E-state index >= 15 is 0 Å². The number of aromatic nitrogens is 2. The number of halogens is 1. The summed E-state index contributed by atoms with van der Waals surface area (Å²) in [6.45, 7) is 6.70. The van der Waals surface area contributed by atoms with E-state index in [0.29, 0.717) is 5.28 Å². The maximum absolute atomic E-state index is 9.24. The van der Waals surface area contributed by atoms with Crippen LogP contribution < -0.4 is 4.90 Å². The average Bonchev–Trinajstić information content (AvgIpc) is 3.09. The number of anilines is 1. The Kier molecular flexibility index (Phi) is 5.67. The summed E-state index contributed by atoms with van der Waals surface area (Å²) < 4.78 is 0. The van der Waals surface area contributed by atoms with Gasteiger partial charge in [-0.15, -0.1) is 11.3 Å². The van der Waals surface area contributed by atoms with Gasteiger partial charge in [0.1, 0.15) is 10.6 Å². The summed E-state index contributed by atoms with van der Waals surface area (Å²) in [6.07, 6.45) is 4.95. The molecule has 1 N–H and O–H groups in total. The third-order valence-corrected chi connectivity index (χ3v) is 7.57. The Hall–Kier alpha value is -1.73. The van der Waals surface area contributed by atoms with E-state index in [1.54, 1.807) is 11.3 Å². The normalized spacial score (nSPS) is 17.5. The standard InChI is InChI=1S/C23H27ClN4OS/c1-15-19(18-7-6-16-4-2-3-5-17(16)14-18)20-21(25-23(24)26-22(20)30-15)28-10-8-27(9-11-28)12-13-29/h6-7,14,29H,2-5,8-13H2,1H3. The smallest absolute Gasteiger partial charge is 0.225 e. The number of thiophene rings is 1. The predicted molar refractivity (Wildman–Crippen MR) is 125 cm³/mol. The van der Waals surface area contributed by atoms with E-state index in [9.17, 15) is 5.11 Å². The lowest BCUT2D eigenvalue weighted by atomic mass is 9.89. The fourth-order valence-corrected chi connectivity index (χ4v) is 6.11. The Morgan fingerprint density at radius 2 is 1.83 bits per heavy atom. The molecule has 0 saturated carbocycles. The highest BCUT2D eigenvalue weighted by atomic mass is 35.5.